The number of halogens is 1. The lowest BCUT2D eigenvalue weighted by Crippen LogP contribution is -2.44. The molecule has 41 heavy (non-hydrogen) atoms. The Balaban J connectivity index is 1.21. The second-order valence-electron chi connectivity index (χ2n) is 11.5. The fraction of sp³-hybridized carbons (Fsp3) is 0.448. The molecule has 3 heterocycles. The van der Waals surface area contributed by atoms with Crippen molar-refractivity contribution in [3.63, 3.8) is 0 Å². The van der Waals surface area contributed by atoms with E-state index in [9.17, 15) is 14.0 Å². The number of nitrogens with one attached hydrogen (secondary N) is 2. The molecule has 1 aliphatic carbocycles. The molecule has 1 saturated heterocycles. The third-order valence-electron chi connectivity index (χ3n) is 7.91. The molecule has 2 N–H and O–H groups in total. The summed E-state index contributed by atoms with van der Waals surface area (Å²) in [6.07, 6.45) is 3.76. The first-order chi connectivity index (χ1) is 19.4. The number of aromatic nitrogens is 2. The molecule has 9 nitrogen and oxygen atoms in total. The van der Waals surface area contributed by atoms with Gasteiger partial charge in [0.1, 0.15) is 22.8 Å². The number of aryl methyl sites for hydroxylation is 1. The van der Waals surface area contributed by atoms with Gasteiger partial charge in [-0.3, -0.25) is 9.59 Å². The quantitative estimate of drug-likeness (QED) is 0.395. The van der Waals surface area contributed by atoms with Gasteiger partial charge in [-0.1, -0.05) is 12.1 Å². The normalized spacial score (nSPS) is 21.4. The van der Waals surface area contributed by atoms with E-state index in [1.165, 1.54) is 11.3 Å². The first-order valence-electron chi connectivity index (χ1n) is 13.7. The molecule has 2 aromatic heterocycles. The van der Waals surface area contributed by atoms with Crippen molar-refractivity contribution in [2.75, 3.05) is 0 Å². The molecule has 1 aliphatic heterocycles. The third kappa shape index (κ3) is 6.60. The average molecular weight is 580 g/mol. The van der Waals surface area contributed by atoms with Crippen molar-refractivity contribution in [1.82, 2.24) is 20.6 Å². The van der Waals surface area contributed by atoms with Crippen LogP contribution in [0, 0.1) is 12.7 Å². The number of ether oxygens (including phenoxy) is 1. The van der Waals surface area contributed by atoms with E-state index in [4.69, 9.17) is 14.0 Å². The number of benzene rings is 1. The number of hydrogen-bond acceptors (Lipinski definition) is 8. The zero-order valence-corrected chi connectivity index (χ0v) is 24.6. The van der Waals surface area contributed by atoms with Crippen LogP contribution >= 0.6 is 11.3 Å². The van der Waals surface area contributed by atoms with Gasteiger partial charge >= 0.3 is 7.12 Å². The molecule has 5 rings (SSSR count). The third-order valence-corrected chi connectivity index (χ3v) is 8.68. The fourth-order valence-corrected chi connectivity index (χ4v) is 5.45. The number of carbonyl (C=O) groups excluding carboxylic acids is 2. The molecule has 2 fully saturated rings. The van der Waals surface area contributed by atoms with E-state index in [-0.39, 0.29) is 29.4 Å². The molecule has 216 valence electrons. The molecule has 1 saturated carbocycles. The minimum Gasteiger partial charge on any atom is -0.438 e. The summed E-state index contributed by atoms with van der Waals surface area (Å²) in [5.74, 6) is -0.889. The second kappa shape index (κ2) is 11.5. The van der Waals surface area contributed by atoms with E-state index in [1.807, 2.05) is 40.7 Å². The number of hydrogen-bond donors (Lipinski definition) is 2. The van der Waals surface area contributed by atoms with Crippen molar-refractivity contribution in [2.45, 2.75) is 83.6 Å². The van der Waals surface area contributed by atoms with Crippen molar-refractivity contribution >= 4 is 35.7 Å². The summed E-state index contributed by atoms with van der Waals surface area (Å²) in [5, 5.41) is 8.60. The predicted octanol–water partition coefficient (Wildman–Crippen LogP) is 4.55. The van der Waals surface area contributed by atoms with Gasteiger partial charge in [0.2, 0.25) is 5.88 Å². The van der Waals surface area contributed by atoms with Gasteiger partial charge in [0.15, 0.2) is 0 Å². The molecule has 0 atom stereocenters. The van der Waals surface area contributed by atoms with E-state index in [1.54, 1.807) is 23.6 Å². The Morgan fingerprint density at radius 2 is 1.66 bits per heavy atom. The molecule has 0 radical (unpaired) electrons. The molecule has 0 unspecified atom stereocenters. The molecule has 3 aromatic rings. The van der Waals surface area contributed by atoms with Crippen LogP contribution in [0.15, 0.2) is 41.9 Å². The highest BCUT2D eigenvalue weighted by Crippen LogP contribution is 2.37. The first-order valence-corrected chi connectivity index (χ1v) is 14.6. The molecular weight excluding hydrogens is 546 g/mol. The SMILES string of the molecule is Cc1nc(C(=O)N[C@H]2CC[C@H](NC(=O)c3cc(F)cnc3Oc3cccc(B4OC(C)(C)C(C)(C)O4)c3)CC2)cs1. The summed E-state index contributed by atoms with van der Waals surface area (Å²) >= 11 is 1.44. The van der Waals surface area contributed by atoms with Crippen LogP contribution in [0.1, 0.15) is 79.2 Å². The summed E-state index contributed by atoms with van der Waals surface area (Å²) in [5.41, 5.74) is 0.186. The number of amides is 2. The first kappa shape index (κ1) is 29.2. The zero-order valence-electron chi connectivity index (χ0n) is 23.8. The average Bonchev–Trinajstić information content (AvgIpc) is 3.45. The highest BCUT2D eigenvalue weighted by atomic mass is 32.1. The van der Waals surface area contributed by atoms with Crippen LogP contribution in [-0.4, -0.2) is 52.2 Å². The van der Waals surface area contributed by atoms with Crippen LogP contribution in [0.25, 0.3) is 0 Å². The largest absolute Gasteiger partial charge is 0.494 e. The zero-order chi connectivity index (χ0) is 29.4. The fourth-order valence-electron chi connectivity index (χ4n) is 4.86. The number of nitrogens with zero attached hydrogens (tertiary/aromatic N) is 2. The lowest BCUT2D eigenvalue weighted by Gasteiger charge is -2.32. The lowest BCUT2D eigenvalue weighted by molar-refractivity contribution is 0.00578. The van der Waals surface area contributed by atoms with Gasteiger partial charge < -0.3 is 24.7 Å². The Hall–Kier alpha value is -3.35. The summed E-state index contributed by atoms with van der Waals surface area (Å²) in [6, 6.07) is 8.16. The van der Waals surface area contributed by atoms with Crippen molar-refractivity contribution in [3.8, 4) is 11.6 Å². The lowest BCUT2D eigenvalue weighted by atomic mass is 9.79. The van der Waals surface area contributed by atoms with Crippen LogP contribution in [0.3, 0.4) is 0 Å². The van der Waals surface area contributed by atoms with Crippen molar-refractivity contribution in [3.05, 3.63) is 64.0 Å². The number of thiazole rings is 1. The maximum atomic E-state index is 14.2. The van der Waals surface area contributed by atoms with E-state index in [2.05, 4.69) is 20.6 Å². The van der Waals surface area contributed by atoms with Crippen LogP contribution < -0.4 is 20.8 Å². The van der Waals surface area contributed by atoms with E-state index in [0.717, 1.165) is 22.7 Å². The van der Waals surface area contributed by atoms with Gasteiger partial charge in [0, 0.05) is 17.5 Å². The van der Waals surface area contributed by atoms with E-state index >= 15 is 0 Å². The van der Waals surface area contributed by atoms with Crippen LogP contribution in [0.4, 0.5) is 4.39 Å². The van der Waals surface area contributed by atoms with Crippen LogP contribution in [0.5, 0.6) is 11.6 Å². The summed E-state index contributed by atoms with van der Waals surface area (Å²) in [7, 11) is -0.585. The second-order valence-corrected chi connectivity index (χ2v) is 12.6. The molecule has 12 heteroatoms. The summed E-state index contributed by atoms with van der Waals surface area (Å²) in [6.45, 7) is 9.77. The maximum Gasteiger partial charge on any atom is 0.494 e. The van der Waals surface area contributed by atoms with E-state index < -0.39 is 30.0 Å². The van der Waals surface area contributed by atoms with Gasteiger partial charge in [-0.2, -0.15) is 0 Å². The van der Waals surface area contributed by atoms with Gasteiger partial charge in [0.25, 0.3) is 11.8 Å². The molecule has 0 bridgehead atoms. The van der Waals surface area contributed by atoms with Crippen molar-refractivity contribution in [1.29, 1.82) is 0 Å². The topological polar surface area (TPSA) is 112 Å². The standard InChI is InChI=1S/C29H34BFN4O5S/c1-17-33-24(16-41-17)26(37)35-21-11-9-20(10-12-21)34-25(36)23-14-19(31)15-32-27(23)38-22-8-6-7-18(13-22)30-39-28(2,3)29(4,5)40-30/h6-8,13-16,20-21H,9-12H2,1-5H3,(H,34,36)(H,35,37)/t20-,21-. The summed E-state index contributed by atoms with van der Waals surface area (Å²) in [4.78, 5) is 34.0. The number of pyridine rings is 1. The van der Waals surface area contributed by atoms with Gasteiger partial charge in [0.05, 0.1) is 22.4 Å². The maximum absolute atomic E-state index is 14.2. The molecule has 2 aliphatic rings. The number of carbonyl (C=O) groups is 2. The highest BCUT2D eigenvalue weighted by molar-refractivity contribution is 7.09. The molecule has 2 amide bonds. The predicted molar refractivity (Wildman–Crippen MR) is 154 cm³/mol. The minimum atomic E-state index is -0.642. The Morgan fingerprint density at radius 1 is 1.02 bits per heavy atom. The Kier molecular flexibility index (Phi) is 8.18. The van der Waals surface area contributed by atoms with E-state index in [0.29, 0.717) is 37.1 Å². The smallest absolute Gasteiger partial charge is 0.438 e. The van der Waals surface area contributed by atoms with Gasteiger partial charge in [-0.25, -0.2) is 14.4 Å². The highest BCUT2D eigenvalue weighted by Gasteiger charge is 2.51. The summed E-state index contributed by atoms with van der Waals surface area (Å²) < 4.78 is 32.4. The van der Waals surface area contributed by atoms with Crippen LogP contribution in [-0.2, 0) is 9.31 Å². The molecular formula is C29H34BFN4O5S. The van der Waals surface area contributed by atoms with Gasteiger partial charge in [-0.05, 0) is 84.0 Å². The Bertz CT molecular complexity index is 1420. The Morgan fingerprint density at radius 3 is 2.27 bits per heavy atom. The Labute approximate surface area is 243 Å². The molecule has 1 aromatic carbocycles. The van der Waals surface area contributed by atoms with Gasteiger partial charge in [-0.15, -0.1) is 11.3 Å². The minimum absolute atomic E-state index is 0.000337. The monoisotopic (exact) mass is 580 g/mol. The molecule has 0 spiro atoms. The van der Waals surface area contributed by atoms with Crippen molar-refractivity contribution in [2.24, 2.45) is 0 Å². The number of rotatable bonds is 7. The van der Waals surface area contributed by atoms with Crippen LogP contribution in [0.2, 0.25) is 0 Å². The van der Waals surface area contributed by atoms with Crippen molar-refractivity contribution < 1.29 is 28.0 Å².